The molecule has 0 aliphatic rings. The van der Waals surface area contributed by atoms with Crippen LogP contribution in [0.2, 0.25) is 0 Å². The summed E-state index contributed by atoms with van der Waals surface area (Å²) in [6.45, 7) is 9.99. The lowest BCUT2D eigenvalue weighted by atomic mass is 10.0. The van der Waals surface area contributed by atoms with Gasteiger partial charge in [-0.1, -0.05) is 149 Å². The lowest BCUT2D eigenvalue weighted by molar-refractivity contribution is -0.913. The minimum atomic E-state index is 0.301. The summed E-state index contributed by atoms with van der Waals surface area (Å²) in [7, 11) is 4.32. The zero-order valence-electron chi connectivity index (χ0n) is 23.2. The maximum Gasteiger partial charge on any atom is 0.139 e. The highest BCUT2D eigenvalue weighted by Crippen LogP contribution is 2.14. The quantitative estimate of drug-likeness (QED) is 0.101. The first-order chi connectivity index (χ1) is 15.0. The molecule has 1 unspecified atom stereocenters. The van der Waals surface area contributed by atoms with Crippen molar-refractivity contribution in [3.8, 4) is 0 Å². The number of nitrogens with zero attached hydrogens (tertiary/aromatic N) is 1. The Morgan fingerprint density at radius 2 is 0.677 bits per heavy atom. The van der Waals surface area contributed by atoms with Gasteiger partial charge in [0.1, 0.15) is 6.17 Å². The summed E-state index contributed by atoms with van der Waals surface area (Å²) in [6, 6.07) is 0. The van der Waals surface area contributed by atoms with Crippen LogP contribution in [0.15, 0.2) is 0 Å². The van der Waals surface area contributed by atoms with Crippen LogP contribution in [0.3, 0.4) is 0 Å². The molecule has 0 aromatic heterocycles. The van der Waals surface area contributed by atoms with Crippen molar-refractivity contribution >= 4 is 0 Å². The smallest absolute Gasteiger partial charge is 0.139 e. The molecule has 0 aromatic rings. The Labute approximate surface area is 199 Å². The molecule has 0 radical (unpaired) electrons. The molecule has 0 aliphatic heterocycles. The van der Waals surface area contributed by atoms with E-state index in [-0.39, 0.29) is 0 Å². The van der Waals surface area contributed by atoms with Crippen molar-refractivity contribution in [2.75, 3.05) is 20.6 Å². The normalized spacial score (nSPS) is 12.5. The zero-order chi connectivity index (χ0) is 23.6. The third-order valence-electron chi connectivity index (χ3n) is 7.09. The van der Waals surface area contributed by atoms with Gasteiger partial charge in [-0.05, 0) is 6.92 Å². The molecule has 190 valence electrons. The number of unbranched alkanes of at least 4 members (excludes halogenated alkanes) is 19. The molecule has 0 bridgehead atoms. The van der Waals surface area contributed by atoms with Gasteiger partial charge in [-0.3, -0.25) is 5.73 Å². The van der Waals surface area contributed by atoms with Crippen LogP contribution in [0.5, 0.6) is 0 Å². The van der Waals surface area contributed by atoms with Gasteiger partial charge >= 0.3 is 0 Å². The van der Waals surface area contributed by atoms with Crippen LogP contribution >= 0.6 is 0 Å². The van der Waals surface area contributed by atoms with E-state index in [1.165, 1.54) is 128 Å². The van der Waals surface area contributed by atoms with E-state index in [1.54, 1.807) is 0 Å². The average molecular weight is 442 g/mol. The van der Waals surface area contributed by atoms with Gasteiger partial charge in [-0.25, -0.2) is 0 Å². The van der Waals surface area contributed by atoms with Crippen molar-refractivity contribution in [3.05, 3.63) is 0 Å². The summed E-state index contributed by atoms with van der Waals surface area (Å²) in [5.74, 6) is 0. The van der Waals surface area contributed by atoms with Crippen molar-refractivity contribution in [1.29, 1.82) is 0 Å². The lowest BCUT2D eigenvalue weighted by Crippen LogP contribution is -2.53. The molecular weight excluding hydrogens is 376 g/mol. The number of nitrogens with two attached hydrogens (primary N) is 1. The Bertz CT molecular complexity index is 294. The average Bonchev–Trinajstić information content (AvgIpc) is 2.78. The summed E-state index contributed by atoms with van der Waals surface area (Å²) in [6.07, 6.45) is 30.8. The molecule has 0 aliphatic carbocycles. The Balaban J connectivity index is 0. The molecule has 0 spiro atoms. The minimum absolute atomic E-state index is 0.301. The second-order valence-electron chi connectivity index (χ2n) is 10.4. The number of quaternary nitrogens is 1. The molecule has 31 heavy (non-hydrogen) atoms. The van der Waals surface area contributed by atoms with E-state index < -0.39 is 0 Å². The first-order valence-corrected chi connectivity index (χ1v) is 14.5. The molecule has 0 heterocycles. The van der Waals surface area contributed by atoms with Gasteiger partial charge in [0, 0.05) is 6.42 Å². The van der Waals surface area contributed by atoms with Crippen LogP contribution in [-0.4, -0.2) is 31.3 Å². The fourth-order valence-corrected chi connectivity index (χ4v) is 4.06. The first kappa shape index (κ1) is 33.1. The minimum Gasteiger partial charge on any atom is -0.314 e. The van der Waals surface area contributed by atoms with Gasteiger partial charge < -0.3 is 4.48 Å². The molecule has 0 amide bonds. The maximum absolute atomic E-state index is 5.83. The number of hydrogen-bond donors (Lipinski definition) is 1. The van der Waals surface area contributed by atoms with Crippen LogP contribution in [0, 0.1) is 0 Å². The van der Waals surface area contributed by atoms with Crippen molar-refractivity contribution in [1.82, 2.24) is 0 Å². The topological polar surface area (TPSA) is 26.0 Å². The molecule has 2 N–H and O–H groups in total. The lowest BCUT2D eigenvalue weighted by Gasteiger charge is -2.33. The van der Waals surface area contributed by atoms with E-state index in [9.17, 15) is 0 Å². The number of rotatable bonds is 22. The second kappa shape index (κ2) is 26.2. The van der Waals surface area contributed by atoms with Crippen molar-refractivity contribution < 1.29 is 4.48 Å². The fraction of sp³-hybridized carbons (Fsp3) is 1.00. The largest absolute Gasteiger partial charge is 0.314 e. The summed E-state index contributed by atoms with van der Waals surface area (Å²) in [5.41, 5.74) is 5.83. The van der Waals surface area contributed by atoms with Crippen molar-refractivity contribution in [2.24, 2.45) is 5.73 Å². The summed E-state index contributed by atoms with van der Waals surface area (Å²) in [4.78, 5) is 0. The Morgan fingerprint density at radius 3 is 0.806 bits per heavy atom. The first-order valence-electron chi connectivity index (χ1n) is 14.5. The second-order valence-corrected chi connectivity index (χ2v) is 10.4. The van der Waals surface area contributed by atoms with Crippen LogP contribution in [-0.2, 0) is 0 Å². The summed E-state index contributed by atoms with van der Waals surface area (Å²) >= 11 is 0. The molecule has 0 saturated heterocycles. The van der Waals surface area contributed by atoms with Gasteiger partial charge in [0.2, 0.25) is 0 Å². The number of hydrogen-bond acceptors (Lipinski definition) is 1. The van der Waals surface area contributed by atoms with Crippen molar-refractivity contribution in [3.63, 3.8) is 0 Å². The van der Waals surface area contributed by atoms with Gasteiger partial charge in [-0.2, -0.15) is 0 Å². The molecule has 0 rings (SSSR count). The van der Waals surface area contributed by atoms with E-state index in [1.807, 2.05) is 0 Å². The molecule has 0 aromatic carbocycles. The van der Waals surface area contributed by atoms with Gasteiger partial charge in [0.15, 0.2) is 0 Å². The van der Waals surface area contributed by atoms with E-state index in [2.05, 4.69) is 41.8 Å². The molecule has 0 saturated carbocycles. The molecule has 1 atom stereocenters. The molecule has 0 fully saturated rings. The highest BCUT2D eigenvalue weighted by atomic mass is 15.4. The predicted octanol–water partition coefficient (Wildman–Crippen LogP) is 9.61. The van der Waals surface area contributed by atoms with Crippen LogP contribution in [0.4, 0.5) is 0 Å². The van der Waals surface area contributed by atoms with Crippen molar-refractivity contribution in [2.45, 2.75) is 169 Å². The van der Waals surface area contributed by atoms with E-state index >= 15 is 0 Å². The van der Waals surface area contributed by atoms with Crippen LogP contribution in [0.1, 0.15) is 163 Å². The van der Waals surface area contributed by atoms with Crippen LogP contribution < -0.4 is 5.73 Å². The highest BCUT2D eigenvalue weighted by molar-refractivity contribution is 4.50. The monoisotopic (exact) mass is 442 g/mol. The van der Waals surface area contributed by atoms with Crippen LogP contribution in [0.25, 0.3) is 0 Å². The third-order valence-corrected chi connectivity index (χ3v) is 7.09. The third kappa shape index (κ3) is 26.1. The Hall–Kier alpha value is -0.0800. The summed E-state index contributed by atoms with van der Waals surface area (Å²) < 4.78 is 0.927. The molecule has 2 nitrogen and oxygen atoms in total. The van der Waals surface area contributed by atoms with E-state index in [0.717, 1.165) is 17.4 Å². The maximum atomic E-state index is 5.83. The van der Waals surface area contributed by atoms with Gasteiger partial charge in [-0.15, -0.1) is 0 Å². The molecular formula is C29H65N2+. The fourth-order valence-electron chi connectivity index (χ4n) is 4.06. The zero-order valence-corrected chi connectivity index (χ0v) is 23.2. The van der Waals surface area contributed by atoms with E-state index in [4.69, 9.17) is 5.73 Å². The predicted molar refractivity (Wildman–Crippen MR) is 145 cm³/mol. The van der Waals surface area contributed by atoms with Gasteiger partial charge in [0.05, 0.1) is 20.6 Å². The van der Waals surface area contributed by atoms with E-state index in [0.29, 0.717) is 6.17 Å². The van der Waals surface area contributed by atoms with Gasteiger partial charge in [0.25, 0.3) is 0 Å². The SMILES string of the molecule is CCC(N)[N+](C)(C)CC.CCCCCCCCCCCCCCCCCCCCCC. The standard InChI is InChI=1S/C22H46.C7H19N2/c1-3-5-7-9-11-13-15-17-19-21-22-20-18-16-14-12-10-8-6-4-2;1-5-7(8)9(3,4)6-2/h3-22H2,1-2H3;7H,5-6,8H2,1-4H3/q;+1. The highest BCUT2D eigenvalue weighted by Gasteiger charge is 2.19. The Kier molecular flexibility index (Phi) is 27.9. The summed E-state index contributed by atoms with van der Waals surface area (Å²) in [5, 5.41) is 0. The molecule has 2 heteroatoms. The Morgan fingerprint density at radius 1 is 0.452 bits per heavy atom.